The van der Waals surface area contributed by atoms with E-state index in [1.165, 1.54) is 0 Å². The van der Waals surface area contributed by atoms with E-state index in [4.69, 9.17) is 0 Å². The van der Waals surface area contributed by atoms with Gasteiger partial charge in [0.1, 0.15) is 0 Å². The molecule has 1 aromatic heterocycles. The molecule has 0 amide bonds. The van der Waals surface area contributed by atoms with E-state index >= 15 is 0 Å². The minimum absolute atomic E-state index is 0.678. The van der Waals surface area contributed by atoms with E-state index in [-0.39, 0.29) is 0 Å². The number of aromatic nitrogens is 1. The summed E-state index contributed by atoms with van der Waals surface area (Å²) in [6.07, 6.45) is 0. The predicted molar refractivity (Wildman–Crippen MR) is 106 cm³/mol. The Balaban J connectivity index is 1.59. The molecule has 3 rings (SSSR count). The number of hydrogen-bond donors (Lipinski definition) is 4. The first-order valence-corrected chi connectivity index (χ1v) is 8.59. The maximum Gasteiger partial charge on any atom is 0.0598 e. The highest BCUT2D eigenvalue weighted by Crippen LogP contribution is 2.16. The van der Waals surface area contributed by atoms with E-state index in [1.807, 2.05) is 66.7 Å². The molecule has 0 aliphatic carbocycles. The lowest BCUT2D eigenvalue weighted by Crippen LogP contribution is -2.06. The van der Waals surface area contributed by atoms with Crippen molar-refractivity contribution in [1.29, 1.82) is 0 Å². The van der Waals surface area contributed by atoms with Crippen LogP contribution in [0.3, 0.4) is 0 Å². The molecular weight excluding hydrogens is 334 g/mol. The summed E-state index contributed by atoms with van der Waals surface area (Å²) in [7, 11) is 0. The monoisotopic (exact) mass is 353 g/mol. The van der Waals surface area contributed by atoms with Crippen molar-refractivity contribution in [3.63, 3.8) is 0 Å². The first kappa shape index (κ1) is 16.7. The summed E-state index contributed by atoms with van der Waals surface area (Å²) in [6, 6.07) is 22.0. The second-order valence-corrected chi connectivity index (χ2v) is 6.46. The van der Waals surface area contributed by atoms with Crippen LogP contribution < -0.4 is 10.6 Å². The summed E-state index contributed by atoms with van der Waals surface area (Å²) in [6.45, 7) is 1.36. The molecule has 0 aliphatic heterocycles. The molecule has 3 aromatic rings. The Hall–Kier alpha value is -2.11. The maximum absolute atomic E-state index is 4.68. The van der Waals surface area contributed by atoms with Crippen LogP contribution in [0, 0.1) is 0 Å². The van der Waals surface area contributed by atoms with Gasteiger partial charge >= 0.3 is 0 Å². The lowest BCUT2D eigenvalue weighted by molar-refractivity contribution is 0.965. The average molecular weight is 354 g/mol. The smallest absolute Gasteiger partial charge is 0.0598 e. The van der Waals surface area contributed by atoms with Crippen LogP contribution in [-0.2, 0) is 13.1 Å². The van der Waals surface area contributed by atoms with Crippen molar-refractivity contribution in [2.45, 2.75) is 22.9 Å². The summed E-state index contributed by atoms with van der Waals surface area (Å²) in [5.74, 6) is 0. The fraction of sp³-hybridized carbons (Fsp3) is 0.105. The Bertz CT molecular complexity index is 756. The number of thiol groups is 2. The van der Waals surface area contributed by atoms with Gasteiger partial charge in [-0.15, -0.1) is 25.3 Å². The highest BCUT2D eigenvalue weighted by atomic mass is 32.1. The molecule has 0 unspecified atom stereocenters. The van der Waals surface area contributed by atoms with Gasteiger partial charge in [0.25, 0.3) is 0 Å². The summed E-state index contributed by atoms with van der Waals surface area (Å²) < 4.78 is 0. The van der Waals surface area contributed by atoms with Crippen LogP contribution in [-0.4, -0.2) is 4.98 Å². The molecule has 122 valence electrons. The molecule has 5 heteroatoms. The molecule has 2 N–H and O–H groups in total. The number of hydrogen-bond acceptors (Lipinski definition) is 5. The molecular formula is C19H19N3S2. The molecule has 0 atom stereocenters. The molecule has 0 radical (unpaired) electrons. The molecule has 0 fully saturated rings. The Morgan fingerprint density at radius 2 is 1.12 bits per heavy atom. The van der Waals surface area contributed by atoms with Gasteiger partial charge in [-0.2, -0.15) is 0 Å². The Labute approximate surface area is 153 Å². The maximum atomic E-state index is 4.68. The van der Waals surface area contributed by atoms with Gasteiger partial charge in [0.2, 0.25) is 0 Å². The number of nitrogens with one attached hydrogen (secondary N) is 2. The van der Waals surface area contributed by atoms with Crippen molar-refractivity contribution in [3.8, 4) is 0 Å². The van der Waals surface area contributed by atoms with Crippen molar-refractivity contribution >= 4 is 36.6 Å². The topological polar surface area (TPSA) is 37.0 Å². The fourth-order valence-corrected chi connectivity index (χ4v) is 2.79. The van der Waals surface area contributed by atoms with Crippen molar-refractivity contribution in [1.82, 2.24) is 4.98 Å². The molecule has 0 bridgehead atoms. The highest BCUT2D eigenvalue weighted by Gasteiger charge is 2.00. The van der Waals surface area contributed by atoms with E-state index in [1.54, 1.807) is 0 Å². The van der Waals surface area contributed by atoms with Crippen LogP contribution in [0.25, 0.3) is 0 Å². The summed E-state index contributed by atoms with van der Waals surface area (Å²) in [5, 5.41) is 6.74. The second-order valence-electron chi connectivity index (χ2n) is 5.43. The van der Waals surface area contributed by atoms with E-state index in [0.717, 1.165) is 32.6 Å². The number of benzene rings is 2. The number of anilines is 2. The van der Waals surface area contributed by atoms with Crippen molar-refractivity contribution in [2.24, 2.45) is 0 Å². The van der Waals surface area contributed by atoms with Gasteiger partial charge in [0.05, 0.1) is 24.5 Å². The van der Waals surface area contributed by atoms with Crippen molar-refractivity contribution in [2.75, 3.05) is 10.6 Å². The first-order chi connectivity index (χ1) is 11.7. The van der Waals surface area contributed by atoms with Crippen molar-refractivity contribution < 1.29 is 0 Å². The van der Waals surface area contributed by atoms with E-state index in [0.29, 0.717) is 13.1 Å². The molecule has 0 saturated heterocycles. The van der Waals surface area contributed by atoms with Gasteiger partial charge < -0.3 is 10.6 Å². The third kappa shape index (κ3) is 4.94. The zero-order valence-corrected chi connectivity index (χ0v) is 14.9. The van der Waals surface area contributed by atoms with Gasteiger partial charge in [-0.1, -0.05) is 18.2 Å². The van der Waals surface area contributed by atoms with Crippen LogP contribution >= 0.6 is 25.3 Å². The summed E-state index contributed by atoms with van der Waals surface area (Å²) in [4.78, 5) is 6.57. The molecule has 3 nitrogen and oxygen atoms in total. The van der Waals surface area contributed by atoms with Crippen LogP contribution in [0.15, 0.2) is 76.5 Å². The van der Waals surface area contributed by atoms with E-state index in [2.05, 4.69) is 40.9 Å². The molecule has 0 spiro atoms. The van der Waals surface area contributed by atoms with Crippen LogP contribution in [0.2, 0.25) is 0 Å². The summed E-state index contributed by atoms with van der Waals surface area (Å²) >= 11 is 8.70. The molecule has 0 saturated carbocycles. The normalized spacial score (nSPS) is 10.4. The number of pyridine rings is 1. The number of rotatable bonds is 6. The Kier molecular flexibility index (Phi) is 5.67. The van der Waals surface area contributed by atoms with Crippen LogP contribution in [0.1, 0.15) is 11.4 Å². The van der Waals surface area contributed by atoms with Crippen molar-refractivity contribution in [3.05, 3.63) is 78.1 Å². The molecule has 0 aliphatic rings. The summed E-state index contributed by atoms with van der Waals surface area (Å²) in [5.41, 5.74) is 4.08. The third-order valence-electron chi connectivity index (χ3n) is 3.50. The Morgan fingerprint density at radius 3 is 1.58 bits per heavy atom. The van der Waals surface area contributed by atoms with E-state index < -0.39 is 0 Å². The lowest BCUT2D eigenvalue weighted by atomic mass is 10.2. The van der Waals surface area contributed by atoms with Gasteiger partial charge in [0, 0.05) is 21.2 Å². The first-order valence-electron chi connectivity index (χ1n) is 7.70. The average Bonchev–Trinajstić information content (AvgIpc) is 2.59. The van der Waals surface area contributed by atoms with Gasteiger partial charge in [-0.05, 0) is 48.5 Å². The molecule has 2 aromatic carbocycles. The SMILES string of the molecule is Sc1cccc(NCc2cccc(CNc3cccc(S)c3)n2)c1. The minimum atomic E-state index is 0.678. The van der Waals surface area contributed by atoms with Crippen LogP contribution in [0.4, 0.5) is 11.4 Å². The van der Waals surface area contributed by atoms with Gasteiger partial charge in [-0.25, -0.2) is 0 Å². The van der Waals surface area contributed by atoms with Gasteiger partial charge in [0.15, 0.2) is 0 Å². The minimum Gasteiger partial charge on any atom is -0.379 e. The predicted octanol–water partition coefficient (Wildman–Crippen LogP) is 4.88. The van der Waals surface area contributed by atoms with Crippen LogP contribution in [0.5, 0.6) is 0 Å². The molecule has 24 heavy (non-hydrogen) atoms. The lowest BCUT2D eigenvalue weighted by Gasteiger charge is -2.09. The third-order valence-corrected chi connectivity index (χ3v) is 4.06. The van der Waals surface area contributed by atoms with Gasteiger partial charge in [-0.3, -0.25) is 4.98 Å². The zero-order valence-electron chi connectivity index (χ0n) is 13.1. The second kappa shape index (κ2) is 8.13. The van der Waals surface area contributed by atoms with E-state index in [9.17, 15) is 0 Å². The highest BCUT2D eigenvalue weighted by molar-refractivity contribution is 7.80. The molecule has 1 heterocycles. The zero-order chi connectivity index (χ0) is 16.8. The fourth-order valence-electron chi connectivity index (χ4n) is 2.34. The Morgan fingerprint density at radius 1 is 0.667 bits per heavy atom. The standard InChI is InChI=1S/C19H19N3S2/c23-18-8-2-4-14(10-18)20-12-16-6-1-7-17(22-16)13-21-15-5-3-9-19(24)11-15/h1-11,20-21,23-24H,12-13H2. The largest absolute Gasteiger partial charge is 0.379 e. The number of nitrogens with zero attached hydrogens (tertiary/aromatic N) is 1. The quantitative estimate of drug-likeness (QED) is 0.477.